The first-order chi connectivity index (χ1) is 21.1. The topological polar surface area (TPSA) is 62.6 Å². The van der Waals surface area contributed by atoms with Crippen LogP contribution >= 0.6 is 0 Å². The normalized spacial score (nSPS) is 16.1. The van der Waals surface area contributed by atoms with E-state index < -0.39 is 17.4 Å². The lowest BCUT2D eigenvalue weighted by molar-refractivity contribution is -0.155. The molecule has 232 valence electrons. The second kappa shape index (κ2) is 13.7. The predicted octanol–water partition coefficient (Wildman–Crippen LogP) is 8.88. The Morgan fingerprint density at radius 3 is 2.50 bits per heavy atom. The summed E-state index contributed by atoms with van der Waals surface area (Å²) in [5.74, 6) is -0.972. The first kappa shape index (κ1) is 31.4. The zero-order chi connectivity index (χ0) is 31.3. The summed E-state index contributed by atoms with van der Waals surface area (Å²) in [7, 11) is 0. The van der Waals surface area contributed by atoms with Gasteiger partial charge in [0.25, 0.3) is 0 Å². The van der Waals surface area contributed by atoms with E-state index in [1.807, 2.05) is 70.2 Å². The monoisotopic (exact) mass is 602 g/mol. The quantitative estimate of drug-likeness (QED) is 0.103. The molecule has 1 saturated heterocycles. The maximum atomic E-state index is 16.0. The fraction of sp³-hybridized carbons (Fsp3) is 0.389. The molecule has 8 heteroatoms. The molecule has 1 aromatic heterocycles. The van der Waals surface area contributed by atoms with Gasteiger partial charge in [0, 0.05) is 24.7 Å². The summed E-state index contributed by atoms with van der Waals surface area (Å²) in [6, 6.07) is 20.1. The van der Waals surface area contributed by atoms with Crippen molar-refractivity contribution in [2.24, 2.45) is 0 Å². The lowest BCUT2D eigenvalue weighted by atomic mass is 9.87. The number of carbonyl (C=O) groups is 1. The summed E-state index contributed by atoms with van der Waals surface area (Å²) in [4.78, 5) is 12.0. The summed E-state index contributed by atoms with van der Waals surface area (Å²) >= 11 is 0. The van der Waals surface area contributed by atoms with Crippen LogP contribution < -0.4 is 4.74 Å². The second-order valence-electron chi connectivity index (χ2n) is 12.0. The van der Waals surface area contributed by atoms with E-state index in [0.717, 1.165) is 30.4 Å². The van der Waals surface area contributed by atoms with Gasteiger partial charge in [-0.15, -0.1) is 5.10 Å². The highest BCUT2D eigenvalue weighted by Gasteiger charge is 2.23. The van der Waals surface area contributed by atoms with Gasteiger partial charge in [0.05, 0.1) is 17.5 Å². The number of carbonyl (C=O) groups excluding carboxylic acids is 1. The molecule has 5 rings (SSSR count). The highest BCUT2D eigenvalue weighted by Crippen LogP contribution is 2.38. The maximum absolute atomic E-state index is 16.0. The molecular formula is C36H40F2N2O4. The fourth-order valence-corrected chi connectivity index (χ4v) is 5.64. The Bertz CT molecular complexity index is 1630. The van der Waals surface area contributed by atoms with Gasteiger partial charge in [-0.2, -0.15) is 4.39 Å². The van der Waals surface area contributed by atoms with Gasteiger partial charge in [-0.3, -0.25) is 4.79 Å². The molecule has 0 N–H and O–H groups in total. The van der Waals surface area contributed by atoms with E-state index in [1.54, 1.807) is 22.9 Å². The van der Waals surface area contributed by atoms with Crippen LogP contribution in [-0.4, -0.2) is 34.6 Å². The summed E-state index contributed by atoms with van der Waals surface area (Å²) in [5.41, 5.74) is 3.74. The minimum atomic E-state index is -0.580. The lowest BCUT2D eigenvalue weighted by Gasteiger charge is -2.23. The maximum Gasteiger partial charge on any atom is 0.306 e. The van der Waals surface area contributed by atoms with Crippen LogP contribution in [0.5, 0.6) is 5.75 Å². The third-order valence-corrected chi connectivity index (χ3v) is 7.58. The molecule has 0 aliphatic carbocycles. The van der Waals surface area contributed by atoms with E-state index in [4.69, 9.17) is 14.2 Å². The molecule has 1 atom stereocenters. The molecule has 0 amide bonds. The van der Waals surface area contributed by atoms with Gasteiger partial charge < -0.3 is 14.2 Å². The number of rotatable bonds is 10. The van der Waals surface area contributed by atoms with E-state index in [0.29, 0.717) is 52.8 Å². The molecule has 0 spiro atoms. The molecule has 0 radical (unpaired) electrons. The van der Waals surface area contributed by atoms with Crippen LogP contribution in [-0.2, 0) is 14.3 Å². The van der Waals surface area contributed by atoms with Crippen molar-refractivity contribution in [3.05, 3.63) is 95.2 Å². The number of nitrogens with zero attached hydrogens (tertiary/aromatic N) is 2. The Balaban J connectivity index is 1.48. The smallest absolute Gasteiger partial charge is 0.306 e. The molecule has 6 nitrogen and oxygen atoms in total. The minimum Gasteiger partial charge on any atom is -0.493 e. The van der Waals surface area contributed by atoms with Crippen molar-refractivity contribution < 1.29 is 27.8 Å². The molecule has 1 unspecified atom stereocenters. The van der Waals surface area contributed by atoms with Crippen LogP contribution in [0.25, 0.3) is 22.0 Å². The van der Waals surface area contributed by atoms with E-state index in [1.165, 1.54) is 6.07 Å². The van der Waals surface area contributed by atoms with E-state index in [-0.39, 0.29) is 25.2 Å². The van der Waals surface area contributed by atoms with Crippen molar-refractivity contribution in [2.45, 2.75) is 78.0 Å². The van der Waals surface area contributed by atoms with Crippen LogP contribution in [0.1, 0.15) is 89.1 Å². The standard InChI is InChI=1S/C36H40F2N2O4/c1-5-27(24-12-7-6-8-13-24)34(25-16-19-31-29(22-25)35(38)39-40(31)32-14-9-10-20-43-32)28-18-17-26(23-30(28)37)42-21-11-15-33(41)44-36(2,3)4/h6-8,12-13,16-19,22-23,32H,5,9-11,14-15,20-21H2,1-4H3/b34-27-. The van der Waals surface area contributed by atoms with Crippen LogP contribution in [0, 0.1) is 11.8 Å². The largest absolute Gasteiger partial charge is 0.493 e. The number of halogens is 2. The molecule has 44 heavy (non-hydrogen) atoms. The highest BCUT2D eigenvalue weighted by atomic mass is 19.1. The molecular weight excluding hydrogens is 562 g/mol. The first-order valence-corrected chi connectivity index (χ1v) is 15.4. The van der Waals surface area contributed by atoms with E-state index in [9.17, 15) is 4.79 Å². The summed E-state index contributed by atoms with van der Waals surface area (Å²) < 4.78 is 49.9. The van der Waals surface area contributed by atoms with Gasteiger partial charge in [0.1, 0.15) is 17.2 Å². The summed E-state index contributed by atoms with van der Waals surface area (Å²) in [6.07, 6.45) is 3.73. The number of allylic oxidation sites excluding steroid dienone is 1. The number of hydrogen-bond acceptors (Lipinski definition) is 5. The Morgan fingerprint density at radius 2 is 1.82 bits per heavy atom. The van der Waals surface area contributed by atoms with Crippen LogP contribution in [0.2, 0.25) is 0 Å². The van der Waals surface area contributed by atoms with Crippen molar-refractivity contribution in [1.29, 1.82) is 0 Å². The number of fused-ring (bicyclic) bond motifs is 1. The first-order valence-electron chi connectivity index (χ1n) is 15.4. The van der Waals surface area contributed by atoms with Crippen molar-refractivity contribution >= 4 is 28.0 Å². The molecule has 0 bridgehead atoms. The van der Waals surface area contributed by atoms with Crippen molar-refractivity contribution in [3.63, 3.8) is 0 Å². The average molecular weight is 603 g/mol. The molecule has 2 heterocycles. The third kappa shape index (κ3) is 7.36. The summed E-state index contributed by atoms with van der Waals surface area (Å²) in [5, 5.41) is 4.56. The molecule has 3 aromatic carbocycles. The van der Waals surface area contributed by atoms with Gasteiger partial charge in [-0.05, 0) is 99.4 Å². The SMILES string of the molecule is CC/C(=C(\c1ccc2c(c1)c(F)nn2C1CCCCO1)c1ccc(OCCCC(=O)OC(C)(C)C)cc1F)c1ccccc1. The van der Waals surface area contributed by atoms with Crippen molar-refractivity contribution in [1.82, 2.24) is 9.78 Å². The van der Waals surface area contributed by atoms with Gasteiger partial charge in [-0.1, -0.05) is 43.3 Å². The Kier molecular flexibility index (Phi) is 9.79. The van der Waals surface area contributed by atoms with Crippen molar-refractivity contribution in [2.75, 3.05) is 13.2 Å². The number of esters is 1. The number of ether oxygens (including phenoxy) is 3. The molecule has 4 aromatic rings. The average Bonchev–Trinajstić information content (AvgIpc) is 3.34. The van der Waals surface area contributed by atoms with Crippen LogP contribution in [0.3, 0.4) is 0 Å². The summed E-state index contributed by atoms with van der Waals surface area (Å²) in [6.45, 7) is 8.37. The van der Waals surface area contributed by atoms with Gasteiger partial charge in [0.2, 0.25) is 5.95 Å². The predicted molar refractivity (Wildman–Crippen MR) is 168 cm³/mol. The van der Waals surface area contributed by atoms with Gasteiger partial charge in [0.15, 0.2) is 6.23 Å². The molecule has 1 aliphatic heterocycles. The Hall–Kier alpha value is -4.04. The molecule has 1 fully saturated rings. The van der Waals surface area contributed by atoms with E-state index >= 15 is 8.78 Å². The Morgan fingerprint density at radius 1 is 1.02 bits per heavy atom. The van der Waals surface area contributed by atoms with Crippen LogP contribution in [0.15, 0.2) is 66.7 Å². The fourth-order valence-electron chi connectivity index (χ4n) is 5.64. The zero-order valence-electron chi connectivity index (χ0n) is 25.9. The number of benzene rings is 3. The number of aromatic nitrogens is 2. The van der Waals surface area contributed by atoms with E-state index in [2.05, 4.69) is 5.10 Å². The zero-order valence-corrected chi connectivity index (χ0v) is 25.9. The van der Waals surface area contributed by atoms with Crippen molar-refractivity contribution in [3.8, 4) is 5.75 Å². The van der Waals surface area contributed by atoms with Crippen LogP contribution in [0.4, 0.5) is 8.78 Å². The molecule has 1 aliphatic rings. The van der Waals surface area contributed by atoms with Gasteiger partial charge >= 0.3 is 5.97 Å². The highest BCUT2D eigenvalue weighted by molar-refractivity contribution is 6.00. The second-order valence-corrected chi connectivity index (χ2v) is 12.0. The van der Waals surface area contributed by atoms with Gasteiger partial charge in [-0.25, -0.2) is 9.07 Å². The molecule has 0 saturated carbocycles. The number of hydrogen-bond donors (Lipinski definition) is 0. The Labute approximate surface area is 257 Å². The minimum absolute atomic E-state index is 0.212. The third-order valence-electron chi connectivity index (χ3n) is 7.58. The lowest BCUT2D eigenvalue weighted by Crippen LogP contribution is -2.23.